The van der Waals surface area contributed by atoms with Crippen molar-refractivity contribution >= 4 is 17.6 Å². The standard InChI is InChI=1S/C23H38N4O2/c1-5-18(3)21(28)27-20-10-7-9-19(15-20)16-25-22(24-6-2)26-17-23(11-8-12-23)13-14-29-4/h7,9-10,15,18H,5-6,8,11-14,16-17H2,1-4H3,(H,27,28)(H2,24,25,26). The number of guanidine groups is 1. The van der Waals surface area contributed by atoms with E-state index >= 15 is 0 Å². The largest absolute Gasteiger partial charge is 0.385 e. The molecule has 1 atom stereocenters. The molecule has 6 nitrogen and oxygen atoms in total. The summed E-state index contributed by atoms with van der Waals surface area (Å²) in [6, 6.07) is 7.93. The Morgan fingerprint density at radius 3 is 2.69 bits per heavy atom. The first-order valence-electron chi connectivity index (χ1n) is 10.9. The van der Waals surface area contributed by atoms with E-state index in [0.29, 0.717) is 12.0 Å². The summed E-state index contributed by atoms with van der Waals surface area (Å²) in [4.78, 5) is 16.9. The third kappa shape index (κ3) is 7.35. The van der Waals surface area contributed by atoms with Gasteiger partial charge in [0.15, 0.2) is 5.96 Å². The SMILES string of the molecule is CCNC(=NCc1cccc(NC(=O)C(C)CC)c1)NCC1(CCOC)CCC1. The Balaban J connectivity index is 1.95. The van der Waals surface area contributed by atoms with Gasteiger partial charge in [0.25, 0.3) is 0 Å². The number of nitrogens with one attached hydrogen (secondary N) is 3. The molecular weight excluding hydrogens is 364 g/mol. The number of anilines is 1. The van der Waals surface area contributed by atoms with Crippen LogP contribution in [0.1, 0.15) is 58.4 Å². The number of benzene rings is 1. The summed E-state index contributed by atoms with van der Waals surface area (Å²) in [5, 5.41) is 9.86. The van der Waals surface area contributed by atoms with Gasteiger partial charge in [0.05, 0.1) is 6.54 Å². The zero-order valence-corrected chi connectivity index (χ0v) is 18.5. The minimum Gasteiger partial charge on any atom is -0.385 e. The predicted molar refractivity (Wildman–Crippen MR) is 120 cm³/mol. The quantitative estimate of drug-likeness (QED) is 0.387. The molecule has 1 unspecified atom stereocenters. The van der Waals surface area contributed by atoms with Crippen LogP contribution in [0.5, 0.6) is 0 Å². The van der Waals surface area contributed by atoms with Gasteiger partial charge >= 0.3 is 0 Å². The zero-order valence-electron chi connectivity index (χ0n) is 18.5. The topological polar surface area (TPSA) is 74.8 Å². The van der Waals surface area contributed by atoms with Crippen LogP contribution in [-0.2, 0) is 16.1 Å². The molecule has 1 aromatic rings. The molecule has 2 rings (SSSR count). The van der Waals surface area contributed by atoms with Gasteiger partial charge in [-0.15, -0.1) is 0 Å². The van der Waals surface area contributed by atoms with Crippen molar-refractivity contribution in [1.82, 2.24) is 10.6 Å². The van der Waals surface area contributed by atoms with Gasteiger partial charge < -0.3 is 20.7 Å². The molecule has 1 saturated carbocycles. The predicted octanol–water partition coefficient (Wildman–Crippen LogP) is 3.93. The first kappa shape index (κ1) is 23.2. The van der Waals surface area contributed by atoms with Gasteiger partial charge in [0.2, 0.25) is 5.91 Å². The van der Waals surface area contributed by atoms with E-state index < -0.39 is 0 Å². The third-order valence-electron chi connectivity index (χ3n) is 5.90. The smallest absolute Gasteiger partial charge is 0.227 e. The van der Waals surface area contributed by atoms with Crippen LogP contribution in [-0.4, -0.2) is 38.7 Å². The lowest BCUT2D eigenvalue weighted by Crippen LogP contribution is -2.46. The molecule has 0 bridgehead atoms. The number of methoxy groups -OCH3 is 1. The fraction of sp³-hybridized carbons (Fsp3) is 0.652. The van der Waals surface area contributed by atoms with Crippen LogP contribution >= 0.6 is 0 Å². The number of hydrogen-bond donors (Lipinski definition) is 3. The molecule has 1 fully saturated rings. The lowest BCUT2D eigenvalue weighted by atomic mass is 9.67. The van der Waals surface area contributed by atoms with Gasteiger partial charge in [-0.2, -0.15) is 0 Å². The maximum absolute atomic E-state index is 12.1. The van der Waals surface area contributed by atoms with Crippen LogP contribution in [0.15, 0.2) is 29.3 Å². The van der Waals surface area contributed by atoms with Crippen LogP contribution in [0.4, 0.5) is 5.69 Å². The number of aliphatic imine (C=N–C) groups is 1. The van der Waals surface area contributed by atoms with E-state index in [9.17, 15) is 4.79 Å². The monoisotopic (exact) mass is 402 g/mol. The second kappa shape index (κ2) is 11.8. The second-order valence-corrected chi connectivity index (χ2v) is 8.14. The summed E-state index contributed by atoms with van der Waals surface area (Å²) in [6.45, 7) is 9.16. The molecule has 0 aliphatic heterocycles. The molecule has 0 radical (unpaired) electrons. The zero-order chi connectivity index (χ0) is 21.1. The first-order valence-corrected chi connectivity index (χ1v) is 10.9. The van der Waals surface area contributed by atoms with Gasteiger partial charge in [-0.05, 0) is 55.7 Å². The summed E-state index contributed by atoms with van der Waals surface area (Å²) in [7, 11) is 1.77. The van der Waals surface area contributed by atoms with Crippen molar-refractivity contribution in [1.29, 1.82) is 0 Å². The average Bonchev–Trinajstić information content (AvgIpc) is 2.70. The molecule has 0 spiro atoms. The number of hydrogen-bond acceptors (Lipinski definition) is 3. The number of nitrogens with zero attached hydrogens (tertiary/aromatic N) is 1. The third-order valence-corrected chi connectivity index (χ3v) is 5.90. The molecule has 1 aliphatic rings. The normalized spacial score (nSPS) is 16.6. The van der Waals surface area contributed by atoms with Crippen molar-refractivity contribution < 1.29 is 9.53 Å². The summed E-state index contributed by atoms with van der Waals surface area (Å²) >= 11 is 0. The first-order chi connectivity index (χ1) is 14.0. The average molecular weight is 403 g/mol. The number of ether oxygens (including phenoxy) is 1. The minimum atomic E-state index is 0.0122. The van der Waals surface area contributed by atoms with E-state index in [1.54, 1.807) is 7.11 Å². The van der Waals surface area contributed by atoms with E-state index in [1.165, 1.54) is 19.3 Å². The Labute approximate surface area is 175 Å². The van der Waals surface area contributed by atoms with Crippen molar-refractivity contribution in [2.75, 3.05) is 32.1 Å². The number of carbonyl (C=O) groups excluding carboxylic acids is 1. The number of carbonyl (C=O) groups is 1. The van der Waals surface area contributed by atoms with Crippen LogP contribution in [0, 0.1) is 11.3 Å². The molecule has 0 saturated heterocycles. The maximum atomic E-state index is 12.1. The second-order valence-electron chi connectivity index (χ2n) is 8.14. The highest BCUT2D eigenvalue weighted by molar-refractivity contribution is 5.92. The van der Waals surface area contributed by atoms with Crippen LogP contribution < -0.4 is 16.0 Å². The summed E-state index contributed by atoms with van der Waals surface area (Å²) in [6.07, 6.45) is 5.73. The minimum absolute atomic E-state index is 0.0122. The van der Waals surface area contributed by atoms with Crippen molar-refractivity contribution in [3.8, 4) is 0 Å². The van der Waals surface area contributed by atoms with Crippen molar-refractivity contribution in [3.63, 3.8) is 0 Å². The Hall–Kier alpha value is -2.08. The fourth-order valence-electron chi connectivity index (χ4n) is 3.49. The van der Waals surface area contributed by atoms with Crippen LogP contribution in [0.3, 0.4) is 0 Å². The van der Waals surface area contributed by atoms with Gasteiger partial charge in [0, 0.05) is 38.4 Å². The molecule has 0 aromatic heterocycles. The fourth-order valence-corrected chi connectivity index (χ4v) is 3.49. The molecule has 29 heavy (non-hydrogen) atoms. The summed E-state index contributed by atoms with van der Waals surface area (Å²) < 4.78 is 5.29. The lowest BCUT2D eigenvalue weighted by molar-refractivity contribution is -0.119. The molecule has 1 aliphatic carbocycles. The van der Waals surface area contributed by atoms with E-state index in [2.05, 4.69) is 22.9 Å². The molecule has 0 heterocycles. The van der Waals surface area contributed by atoms with Crippen molar-refractivity contribution in [3.05, 3.63) is 29.8 Å². The van der Waals surface area contributed by atoms with Gasteiger partial charge in [-0.3, -0.25) is 4.79 Å². The highest BCUT2D eigenvalue weighted by Gasteiger charge is 2.36. The Bertz CT molecular complexity index is 671. The summed E-state index contributed by atoms with van der Waals surface area (Å²) in [5.74, 6) is 0.911. The van der Waals surface area contributed by atoms with Crippen LogP contribution in [0.2, 0.25) is 0 Å². The van der Waals surface area contributed by atoms with E-state index in [-0.39, 0.29) is 11.8 Å². The number of amides is 1. The van der Waals surface area contributed by atoms with E-state index in [1.807, 2.05) is 38.1 Å². The number of rotatable bonds is 11. The van der Waals surface area contributed by atoms with E-state index in [0.717, 1.165) is 49.7 Å². The molecule has 1 amide bonds. The Morgan fingerprint density at radius 2 is 2.07 bits per heavy atom. The van der Waals surface area contributed by atoms with Gasteiger partial charge in [-0.1, -0.05) is 32.4 Å². The molecule has 6 heteroatoms. The van der Waals surface area contributed by atoms with Crippen molar-refractivity contribution in [2.24, 2.45) is 16.3 Å². The van der Waals surface area contributed by atoms with Crippen molar-refractivity contribution in [2.45, 2.75) is 59.4 Å². The summed E-state index contributed by atoms with van der Waals surface area (Å²) in [5.41, 5.74) is 2.24. The Morgan fingerprint density at radius 1 is 1.28 bits per heavy atom. The molecule has 162 valence electrons. The highest BCUT2D eigenvalue weighted by Crippen LogP contribution is 2.43. The lowest BCUT2D eigenvalue weighted by Gasteiger charge is -2.42. The van der Waals surface area contributed by atoms with E-state index in [4.69, 9.17) is 9.73 Å². The molecular formula is C23H38N4O2. The van der Waals surface area contributed by atoms with Gasteiger partial charge in [-0.25, -0.2) is 4.99 Å². The molecule has 3 N–H and O–H groups in total. The maximum Gasteiger partial charge on any atom is 0.227 e. The highest BCUT2D eigenvalue weighted by atomic mass is 16.5. The van der Waals surface area contributed by atoms with Gasteiger partial charge in [0.1, 0.15) is 0 Å². The van der Waals surface area contributed by atoms with Crippen LogP contribution in [0.25, 0.3) is 0 Å². The Kier molecular flexibility index (Phi) is 9.45. The molecule has 1 aromatic carbocycles.